The number of phosphoric ester groups is 1. The van der Waals surface area contributed by atoms with Gasteiger partial charge in [-0.1, -0.05) is 0 Å². The Hall–Kier alpha value is -0.570. The molecule has 19 heteroatoms. The lowest BCUT2D eigenvalue weighted by molar-refractivity contribution is -0.0444. The number of ether oxygens (including phenoxy) is 1. The number of nitrogens with one attached hydrogen (secondary N) is 1. The van der Waals surface area contributed by atoms with E-state index < -0.39 is 54.1 Å². The summed E-state index contributed by atoms with van der Waals surface area (Å²) in [7, 11) is -16.5. The van der Waals surface area contributed by atoms with E-state index in [0.717, 1.165) is 0 Å². The van der Waals surface area contributed by atoms with Gasteiger partial charge in [-0.05, 0) is 19.1 Å². The zero-order valence-electron chi connectivity index (χ0n) is 14.4. The molecule has 1 fully saturated rings. The second-order valence-corrected chi connectivity index (χ2v) is 10.6. The summed E-state index contributed by atoms with van der Waals surface area (Å²) < 4.78 is 52.0. The number of aromatic amines is 1. The topological polar surface area (TPSA) is 227 Å². The van der Waals surface area contributed by atoms with Crippen LogP contribution < -0.4 is 5.56 Å². The van der Waals surface area contributed by atoms with E-state index in [0.29, 0.717) is 5.56 Å². The SMILES string of the molecule is Cc1cn(C2CC(O)C(COP(=O)(O)OP(=O)(O)OP(=O)(O)O)O2)c(=S)[nH]c1=O. The number of H-pyrrole nitrogens is 1. The summed E-state index contributed by atoms with van der Waals surface area (Å²) in [5, 5.41) is 10.0. The van der Waals surface area contributed by atoms with E-state index >= 15 is 0 Å². The standard InChI is InChI=1S/C10H17N2O13P3S/c1-5-3-12(10(29)11-9(5)14)8-2-6(13)7(23-8)4-22-27(18,19)25-28(20,21)24-26(15,16)17/h3,6-8,13H,2,4H2,1H3,(H,18,19)(H,20,21)(H,11,14,29)(H2,15,16,17). The molecule has 29 heavy (non-hydrogen) atoms. The largest absolute Gasteiger partial charge is 0.490 e. The van der Waals surface area contributed by atoms with Crippen molar-refractivity contribution in [3.63, 3.8) is 0 Å². The average molecular weight is 498 g/mol. The quantitative estimate of drug-likeness (QED) is 0.208. The second-order valence-electron chi connectivity index (χ2n) is 5.80. The summed E-state index contributed by atoms with van der Waals surface area (Å²) in [6, 6.07) is 0. The van der Waals surface area contributed by atoms with Crippen LogP contribution in [-0.4, -0.2) is 53.0 Å². The number of hydrogen-bond donors (Lipinski definition) is 6. The van der Waals surface area contributed by atoms with Crippen LogP contribution in [0, 0.1) is 11.7 Å². The third kappa shape index (κ3) is 7.26. The Morgan fingerprint density at radius 2 is 1.86 bits per heavy atom. The maximum absolute atomic E-state index is 11.7. The highest BCUT2D eigenvalue weighted by atomic mass is 32.1. The lowest BCUT2D eigenvalue weighted by Gasteiger charge is -2.19. The highest BCUT2D eigenvalue weighted by Crippen LogP contribution is 2.66. The first-order valence-corrected chi connectivity index (χ1v) is 12.5. The van der Waals surface area contributed by atoms with Crippen LogP contribution in [0.15, 0.2) is 11.0 Å². The van der Waals surface area contributed by atoms with Crippen LogP contribution in [0.5, 0.6) is 0 Å². The molecule has 2 rings (SSSR count). The lowest BCUT2D eigenvalue weighted by atomic mass is 10.2. The van der Waals surface area contributed by atoms with Gasteiger partial charge in [0.25, 0.3) is 5.56 Å². The Morgan fingerprint density at radius 3 is 2.45 bits per heavy atom. The molecule has 0 amide bonds. The normalized spacial score (nSPS) is 26.8. The molecule has 5 unspecified atom stereocenters. The molecule has 5 atom stereocenters. The molecule has 1 saturated heterocycles. The number of aromatic nitrogens is 2. The van der Waals surface area contributed by atoms with Crippen molar-refractivity contribution in [1.82, 2.24) is 9.55 Å². The lowest BCUT2D eigenvalue weighted by Crippen LogP contribution is -2.26. The number of aliphatic hydroxyl groups is 1. The highest BCUT2D eigenvalue weighted by Gasteiger charge is 2.42. The Kier molecular flexibility index (Phi) is 7.57. The predicted octanol–water partition coefficient (Wildman–Crippen LogP) is 0.206. The van der Waals surface area contributed by atoms with Crippen molar-refractivity contribution in [1.29, 1.82) is 0 Å². The van der Waals surface area contributed by atoms with E-state index in [1.165, 1.54) is 17.7 Å². The van der Waals surface area contributed by atoms with Gasteiger partial charge in [-0.15, -0.1) is 0 Å². The van der Waals surface area contributed by atoms with Crippen molar-refractivity contribution in [2.45, 2.75) is 31.8 Å². The molecule has 0 saturated carbocycles. The smallest absolute Gasteiger partial charge is 0.390 e. The molecule has 6 N–H and O–H groups in total. The first kappa shape index (κ1) is 24.7. The Bertz CT molecular complexity index is 1020. The first-order valence-electron chi connectivity index (χ1n) is 7.52. The summed E-state index contributed by atoms with van der Waals surface area (Å²) in [5.41, 5.74) is -0.0950. The van der Waals surface area contributed by atoms with Crippen molar-refractivity contribution in [2.75, 3.05) is 6.61 Å². The maximum Gasteiger partial charge on any atom is 0.490 e. The summed E-state index contributed by atoms with van der Waals surface area (Å²) in [6.07, 6.45) is -1.93. The molecule has 1 aromatic rings. The zero-order chi connectivity index (χ0) is 22.2. The van der Waals surface area contributed by atoms with Gasteiger partial charge < -0.3 is 29.4 Å². The van der Waals surface area contributed by atoms with Crippen LogP contribution in [-0.2, 0) is 31.6 Å². The third-order valence-electron chi connectivity index (χ3n) is 3.48. The van der Waals surface area contributed by atoms with Crippen LogP contribution in [0.25, 0.3) is 0 Å². The maximum atomic E-state index is 11.7. The fraction of sp³-hybridized carbons (Fsp3) is 0.600. The minimum Gasteiger partial charge on any atom is -0.390 e. The van der Waals surface area contributed by atoms with Gasteiger partial charge in [0.2, 0.25) is 0 Å². The van der Waals surface area contributed by atoms with Gasteiger partial charge in [0, 0.05) is 18.2 Å². The molecular formula is C10H17N2O13P3S. The van der Waals surface area contributed by atoms with Crippen LogP contribution in [0.2, 0.25) is 0 Å². The van der Waals surface area contributed by atoms with Crippen molar-refractivity contribution in [3.8, 4) is 0 Å². The summed E-state index contributed by atoms with van der Waals surface area (Å²) in [4.78, 5) is 49.4. The molecule has 0 spiro atoms. The Morgan fingerprint density at radius 1 is 1.24 bits per heavy atom. The summed E-state index contributed by atoms with van der Waals surface area (Å²) >= 11 is 5.01. The molecule has 2 heterocycles. The monoisotopic (exact) mass is 498 g/mol. The number of aliphatic hydroxyl groups excluding tert-OH is 1. The third-order valence-corrected chi connectivity index (χ3v) is 7.59. The van der Waals surface area contributed by atoms with Crippen LogP contribution in [0.3, 0.4) is 0 Å². The first-order chi connectivity index (χ1) is 13.1. The van der Waals surface area contributed by atoms with Crippen LogP contribution in [0.4, 0.5) is 0 Å². The van der Waals surface area contributed by atoms with Gasteiger partial charge in [-0.3, -0.25) is 18.9 Å². The summed E-state index contributed by atoms with van der Waals surface area (Å²) in [5.74, 6) is 0. The fourth-order valence-corrected chi connectivity index (χ4v) is 5.60. The fourth-order valence-electron chi connectivity index (χ4n) is 2.31. The van der Waals surface area contributed by atoms with Crippen molar-refractivity contribution < 1.29 is 56.3 Å². The molecule has 1 aliphatic rings. The number of rotatable bonds is 8. The van der Waals surface area contributed by atoms with E-state index in [9.17, 15) is 28.5 Å². The van der Waals surface area contributed by atoms with E-state index in [2.05, 4.69) is 18.1 Å². The molecule has 1 aromatic heterocycles. The zero-order valence-corrected chi connectivity index (χ0v) is 17.9. The van der Waals surface area contributed by atoms with Gasteiger partial charge >= 0.3 is 23.5 Å². The predicted molar refractivity (Wildman–Crippen MR) is 95.0 cm³/mol. The van der Waals surface area contributed by atoms with Crippen LogP contribution >= 0.6 is 35.7 Å². The second kappa shape index (κ2) is 8.89. The number of aryl methyl sites for hydroxylation is 1. The molecule has 0 radical (unpaired) electrons. The minimum atomic E-state index is -5.65. The van der Waals surface area contributed by atoms with Crippen molar-refractivity contribution in [3.05, 3.63) is 26.9 Å². The van der Waals surface area contributed by atoms with Crippen molar-refractivity contribution >= 4 is 35.7 Å². The van der Waals surface area contributed by atoms with E-state index in [4.69, 9.17) is 31.6 Å². The number of hydrogen-bond acceptors (Lipinski definition) is 10. The highest BCUT2D eigenvalue weighted by molar-refractivity contribution is 7.71. The van der Waals surface area contributed by atoms with Gasteiger partial charge in [0.05, 0.1) is 12.7 Å². The molecule has 1 aliphatic heterocycles. The van der Waals surface area contributed by atoms with Gasteiger partial charge in [0.15, 0.2) is 4.77 Å². The van der Waals surface area contributed by atoms with E-state index in [1.54, 1.807) is 0 Å². The Labute approximate surface area is 167 Å². The summed E-state index contributed by atoms with van der Waals surface area (Å²) in [6.45, 7) is 0.708. The molecule has 0 bridgehead atoms. The van der Waals surface area contributed by atoms with Crippen LogP contribution in [0.1, 0.15) is 18.2 Å². The minimum absolute atomic E-state index is 0.00587. The molecule has 15 nitrogen and oxygen atoms in total. The number of phosphoric acid groups is 3. The van der Waals surface area contributed by atoms with Gasteiger partial charge in [-0.25, -0.2) is 13.7 Å². The molecule has 0 aliphatic carbocycles. The van der Waals surface area contributed by atoms with Crippen molar-refractivity contribution in [2.24, 2.45) is 0 Å². The van der Waals surface area contributed by atoms with E-state index in [1.807, 2.05) is 0 Å². The van der Waals surface area contributed by atoms with Gasteiger partial charge in [-0.2, -0.15) is 8.62 Å². The molecule has 0 aromatic carbocycles. The molecule has 166 valence electrons. The Balaban J connectivity index is 2.03. The average Bonchev–Trinajstić information content (AvgIpc) is 2.86. The van der Waals surface area contributed by atoms with E-state index in [-0.39, 0.29) is 11.2 Å². The van der Waals surface area contributed by atoms with Gasteiger partial charge in [0.1, 0.15) is 12.3 Å². The molecular weight excluding hydrogens is 481 g/mol. The number of nitrogens with zero attached hydrogens (tertiary/aromatic N) is 1.